The van der Waals surface area contributed by atoms with Crippen molar-refractivity contribution in [3.63, 3.8) is 0 Å². The number of benzene rings is 3. The van der Waals surface area contributed by atoms with E-state index in [1.54, 1.807) is 0 Å². The number of hydrogen-bond donors (Lipinski definition) is 0. The number of carbonyl (C=O) groups is 1. The summed E-state index contributed by atoms with van der Waals surface area (Å²) < 4.78 is 6.01. The number of rotatable bonds is 2. The Labute approximate surface area is 165 Å². The van der Waals surface area contributed by atoms with Gasteiger partial charge in [-0.2, -0.15) is 0 Å². The number of nitrogens with zero attached hydrogens (tertiary/aromatic N) is 1. The van der Waals surface area contributed by atoms with Crippen molar-refractivity contribution in [3.05, 3.63) is 60.2 Å². The van der Waals surface area contributed by atoms with Gasteiger partial charge in [0.1, 0.15) is 6.10 Å². The first-order chi connectivity index (χ1) is 13.2. The summed E-state index contributed by atoms with van der Waals surface area (Å²) in [6.07, 6.45) is 0.753. The Kier molecular flexibility index (Phi) is 4.44. The Balaban J connectivity index is 1.75. The maximum Gasteiger partial charge on any atom is 0.339 e. The molecule has 1 aliphatic heterocycles. The fourth-order valence-electron chi connectivity index (χ4n) is 4.70. The standard InChI is InChI=1S/C24H26NO3/c1-23(2)14-18(15-24(3,4)25(23)27)28-22(26)21-19-11-7-5-9-16(19)13-17-10-6-8-12-20(17)21/h5-13,18H,14-15H2,1-4H3. The largest absolute Gasteiger partial charge is 0.459 e. The zero-order valence-electron chi connectivity index (χ0n) is 16.9. The van der Waals surface area contributed by atoms with Gasteiger partial charge in [0.2, 0.25) is 0 Å². The summed E-state index contributed by atoms with van der Waals surface area (Å²) in [4.78, 5) is 13.3. The van der Waals surface area contributed by atoms with Crippen LogP contribution in [0.3, 0.4) is 0 Å². The summed E-state index contributed by atoms with van der Waals surface area (Å²) in [6, 6.07) is 17.9. The third-order valence-electron chi connectivity index (χ3n) is 5.80. The number of hydrogen-bond acceptors (Lipinski definition) is 3. The van der Waals surface area contributed by atoms with Crippen LogP contribution in [0.1, 0.15) is 50.9 Å². The Morgan fingerprint density at radius 2 is 1.36 bits per heavy atom. The van der Waals surface area contributed by atoms with Crippen LogP contribution >= 0.6 is 0 Å². The van der Waals surface area contributed by atoms with E-state index in [4.69, 9.17) is 4.74 Å². The van der Waals surface area contributed by atoms with Crippen molar-refractivity contribution < 1.29 is 14.7 Å². The first kappa shape index (κ1) is 18.9. The van der Waals surface area contributed by atoms with Crippen LogP contribution < -0.4 is 0 Å². The smallest absolute Gasteiger partial charge is 0.339 e. The second kappa shape index (κ2) is 6.57. The van der Waals surface area contributed by atoms with Crippen LogP contribution in [0, 0.1) is 0 Å². The van der Waals surface area contributed by atoms with Crippen LogP contribution in [0.25, 0.3) is 21.5 Å². The maximum absolute atomic E-state index is 13.3. The fraction of sp³-hybridized carbons (Fsp3) is 0.375. The first-order valence-electron chi connectivity index (χ1n) is 9.78. The zero-order valence-corrected chi connectivity index (χ0v) is 16.9. The quantitative estimate of drug-likeness (QED) is 0.437. The molecule has 28 heavy (non-hydrogen) atoms. The molecule has 4 nitrogen and oxygen atoms in total. The average Bonchev–Trinajstić information content (AvgIpc) is 2.63. The second-order valence-corrected chi connectivity index (χ2v) is 9.05. The predicted molar refractivity (Wildman–Crippen MR) is 111 cm³/mol. The van der Waals surface area contributed by atoms with E-state index >= 15 is 0 Å². The number of esters is 1. The van der Waals surface area contributed by atoms with E-state index < -0.39 is 11.1 Å². The third kappa shape index (κ3) is 3.17. The van der Waals surface area contributed by atoms with Crippen LogP contribution in [0.2, 0.25) is 0 Å². The molecule has 0 saturated carbocycles. The topological polar surface area (TPSA) is 49.4 Å². The Hall–Kier alpha value is -2.43. The van der Waals surface area contributed by atoms with Gasteiger partial charge in [0, 0.05) is 23.9 Å². The number of ether oxygens (including phenoxy) is 1. The lowest BCUT2D eigenvalue weighted by Crippen LogP contribution is -2.60. The van der Waals surface area contributed by atoms with Gasteiger partial charge >= 0.3 is 5.97 Å². The molecule has 3 aromatic rings. The summed E-state index contributed by atoms with van der Waals surface area (Å²) in [6.45, 7) is 7.65. The van der Waals surface area contributed by atoms with Crippen molar-refractivity contribution in [1.82, 2.24) is 5.06 Å². The highest BCUT2D eigenvalue weighted by Crippen LogP contribution is 2.39. The maximum atomic E-state index is 13.3. The van der Waals surface area contributed by atoms with Gasteiger partial charge in [0.15, 0.2) is 0 Å². The van der Waals surface area contributed by atoms with Crippen LogP contribution in [-0.4, -0.2) is 28.2 Å². The van der Waals surface area contributed by atoms with Crippen molar-refractivity contribution in [3.8, 4) is 0 Å². The van der Waals surface area contributed by atoms with Crippen LogP contribution in [0.5, 0.6) is 0 Å². The Morgan fingerprint density at radius 1 is 0.893 bits per heavy atom. The summed E-state index contributed by atoms with van der Waals surface area (Å²) in [5.74, 6) is -0.316. The van der Waals surface area contributed by atoms with Gasteiger partial charge in [0.05, 0.1) is 5.56 Å². The monoisotopic (exact) mass is 376 g/mol. The molecule has 0 aliphatic carbocycles. The highest BCUT2D eigenvalue weighted by Gasteiger charge is 2.47. The van der Waals surface area contributed by atoms with E-state index in [-0.39, 0.29) is 12.1 Å². The molecule has 0 spiro atoms. The Bertz CT molecular complexity index is 982. The number of hydroxylamine groups is 2. The summed E-state index contributed by atoms with van der Waals surface area (Å²) in [5, 5.41) is 17.6. The number of piperidine rings is 1. The van der Waals surface area contributed by atoms with Gasteiger partial charge in [-0.15, -0.1) is 10.3 Å². The lowest BCUT2D eigenvalue weighted by molar-refractivity contribution is -0.298. The minimum Gasteiger partial charge on any atom is -0.459 e. The normalized spacial score (nSPS) is 19.8. The highest BCUT2D eigenvalue weighted by molar-refractivity contribution is 6.16. The predicted octanol–water partition coefficient (Wildman–Crippen LogP) is 5.52. The molecule has 1 radical (unpaired) electrons. The van der Waals surface area contributed by atoms with Crippen molar-refractivity contribution in [2.24, 2.45) is 0 Å². The van der Waals surface area contributed by atoms with E-state index in [1.165, 1.54) is 0 Å². The molecular formula is C24H26NO3. The van der Waals surface area contributed by atoms with Gasteiger partial charge in [0.25, 0.3) is 0 Å². The summed E-state index contributed by atoms with van der Waals surface area (Å²) >= 11 is 0. The molecule has 3 aromatic carbocycles. The van der Waals surface area contributed by atoms with E-state index in [2.05, 4.69) is 6.07 Å². The van der Waals surface area contributed by atoms with Gasteiger partial charge in [-0.3, -0.25) is 0 Å². The molecule has 1 heterocycles. The molecule has 0 aromatic heterocycles. The SMILES string of the molecule is CC1(C)CC(OC(=O)c2c3ccccc3cc3ccccc23)CC(C)(C)N1[O]. The minimum absolute atomic E-state index is 0.291. The van der Waals surface area contributed by atoms with E-state index in [0.29, 0.717) is 18.4 Å². The van der Waals surface area contributed by atoms with E-state index in [0.717, 1.165) is 26.6 Å². The highest BCUT2D eigenvalue weighted by atomic mass is 16.5. The van der Waals surface area contributed by atoms with Crippen LogP contribution in [0.15, 0.2) is 54.6 Å². The van der Waals surface area contributed by atoms with Gasteiger partial charge in [-0.05, 0) is 55.3 Å². The molecule has 145 valence electrons. The number of carbonyl (C=O) groups excluding carboxylic acids is 1. The molecule has 0 atom stereocenters. The lowest BCUT2D eigenvalue weighted by atomic mass is 9.80. The average molecular weight is 376 g/mol. The van der Waals surface area contributed by atoms with Crippen LogP contribution in [0.4, 0.5) is 0 Å². The molecule has 0 amide bonds. The first-order valence-corrected chi connectivity index (χ1v) is 9.78. The number of fused-ring (bicyclic) bond motifs is 2. The lowest BCUT2D eigenvalue weighted by Gasteiger charge is -2.49. The van der Waals surface area contributed by atoms with E-state index in [9.17, 15) is 10.0 Å². The fourth-order valence-corrected chi connectivity index (χ4v) is 4.70. The minimum atomic E-state index is -0.576. The molecule has 1 aliphatic rings. The Morgan fingerprint density at radius 3 is 1.86 bits per heavy atom. The molecule has 4 heteroatoms. The van der Waals surface area contributed by atoms with Gasteiger partial charge < -0.3 is 4.74 Å². The van der Waals surface area contributed by atoms with Crippen molar-refractivity contribution in [1.29, 1.82) is 0 Å². The summed E-state index contributed by atoms with van der Waals surface area (Å²) in [5.41, 5.74) is -0.546. The van der Waals surface area contributed by atoms with Crippen molar-refractivity contribution >= 4 is 27.5 Å². The molecule has 0 unspecified atom stereocenters. The third-order valence-corrected chi connectivity index (χ3v) is 5.80. The molecule has 1 saturated heterocycles. The van der Waals surface area contributed by atoms with Crippen molar-refractivity contribution in [2.75, 3.05) is 0 Å². The van der Waals surface area contributed by atoms with Gasteiger partial charge in [-0.1, -0.05) is 48.5 Å². The molecule has 0 bridgehead atoms. The van der Waals surface area contributed by atoms with Crippen molar-refractivity contribution in [2.45, 2.75) is 57.7 Å². The molecule has 0 N–H and O–H groups in total. The molecular weight excluding hydrogens is 350 g/mol. The van der Waals surface area contributed by atoms with Gasteiger partial charge in [-0.25, -0.2) is 4.79 Å². The zero-order chi connectivity index (χ0) is 20.1. The van der Waals surface area contributed by atoms with E-state index in [1.807, 2.05) is 76.2 Å². The van der Waals surface area contributed by atoms with Crippen LogP contribution in [-0.2, 0) is 9.94 Å². The molecule has 4 rings (SSSR count). The molecule has 1 fully saturated rings. The summed E-state index contributed by atoms with van der Waals surface area (Å²) in [7, 11) is 0. The second-order valence-electron chi connectivity index (χ2n) is 9.05.